The maximum Gasteiger partial charge on any atom is 0.353 e. The number of aliphatic hydroxyl groups excluding tert-OH is 1. The molecule has 0 spiro atoms. The first-order valence-corrected chi connectivity index (χ1v) is 11.3. The van der Waals surface area contributed by atoms with Gasteiger partial charge in [-0.25, -0.2) is 4.79 Å². The first-order valence-electron chi connectivity index (χ1n) is 8.62. The molecule has 2 N–H and O–H groups in total. The van der Waals surface area contributed by atoms with Gasteiger partial charge in [-0.3, -0.25) is 24.0 Å². The minimum atomic E-state index is -3.87. The number of fused-ring (bicyclic) bond motifs is 1. The number of hydrogen-bond donors (Lipinski definition) is 2. The van der Waals surface area contributed by atoms with Gasteiger partial charge in [0.15, 0.2) is 0 Å². The number of carboxylic acid groups (broad SMARTS) is 1. The summed E-state index contributed by atoms with van der Waals surface area (Å²) in [5, 5.41) is 30.7. The Hall–Kier alpha value is -2.48. The van der Waals surface area contributed by atoms with E-state index in [0.29, 0.717) is 5.56 Å². The molecule has 11 nitrogen and oxygen atoms in total. The molecule has 30 heavy (non-hydrogen) atoms. The minimum Gasteiger partial charge on any atom is -0.477 e. The van der Waals surface area contributed by atoms with Crippen LogP contribution in [0.25, 0.3) is 0 Å². The first kappa shape index (κ1) is 22.2. The highest BCUT2D eigenvalue weighted by molar-refractivity contribution is 8.04. The SMILES string of the molecule is C[C@@H](O)[C@H]1C(=O)N2C(C(=O)O)=C(COS(C)(=O)=O)S[C@]12Cc1ccc([N+](=O)[O-])cc1. The fraction of sp³-hybridized carbons (Fsp3) is 0.412. The third-order valence-electron chi connectivity index (χ3n) is 4.83. The molecule has 2 aliphatic rings. The topological polar surface area (TPSA) is 164 Å². The largest absolute Gasteiger partial charge is 0.477 e. The number of carbonyl (C=O) groups is 2. The van der Waals surface area contributed by atoms with Gasteiger partial charge >= 0.3 is 5.97 Å². The number of carbonyl (C=O) groups excluding carboxylic acids is 1. The van der Waals surface area contributed by atoms with Crippen molar-refractivity contribution in [1.29, 1.82) is 0 Å². The number of carboxylic acids is 1. The van der Waals surface area contributed by atoms with Gasteiger partial charge in [0.1, 0.15) is 10.6 Å². The molecule has 2 heterocycles. The summed E-state index contributed by atoms with van der Waals surface area (Å²) in [6, 6.07) is 5.54. The van der Waals surface area contributed by atoms with E-state index in [9.17, 15) is 38.3 Å². The zero-order valence-electron chi connectivity index (χ0n) is 15.8. The summed E-state index contributed by atoms with van der Waals surface area (Å²) >= 11 is 0.951. The summed E-state index contributed by atoms with van der Waals surface area (Å²) in [6.45, 7) is 0.840. The lowest BCUT2D eigenvalue weighted by Gasteiger charge is -2.54. The van der Waals surface area contributed by atoms with Crippen LogP contribution in [0, 0.1) is 16.0 Å². The number of β-lactam (4-membered cyclic amide) rings is 1. The second-order valence-corrected chi connectivity index (χ2v) is 10.0. The highest BCUT2D eigenvalue weighted by Crippen LogP contribution is 2.60. The molecular formula is C17H18N2O9S2. The monoisotopic (exact) mass is 458 g/mol. The smallest absolute Gasteiger partial charge is 0.353 e. The molecule has 0 radical (unpaired) electrons. The number of aliphatic carboxylic acids is 1. The van der Waals surface area contributed by atoms with Crippen molar-refractivity contribution >= 4 is 39.4 Å². The lowest BCUT2D eigenvalue weighted by Crippen LogP contribution is -2.70. The number of nitro groups is 1. The van der Waals surface area contributed by atoms with E-state index in [0.717, 1.165) is 22.9 Å². The summed E-state index contributed by atoms with van der Waals surface area (Å²) in [7, 11) is -3.87. The number of rotatable bonds is 8. The van der Waals surface area contributed by atoms with Crippen molar-refractivity contribution in [3.63, 3.8) is 0 Å². The Bertz CT molecular complexity index is 1050. The Morgan fingerprint density at radius 2 is 2.00 bits per heavy atom. The molecular weight excluding hydrogens is 440 g/mol. The van der Waals surface area contributed by atoms with Crippen LogP contribution in [0.1, 0.15) is 12.5 Å². The van der Waals surface area contributed by atoms with Crippen LogP contribution in [0.2, 0.25) is 0 Å². The molecule has 3 rings (SSSR count). The standard InChI is InChI=1S/C17H18N2O9S2/c1-9(20)13-15(21)18-14(16(22)23)12(8-28-30(2,26)27)29-17(13,18)7-10-3-5-11(6-4-10)19(24)25/h3-6,9,13,20H,7-8H2,1-2H3,(H,22,23)/t9-,13+,17-/m1/s1. The van der Waals surface area contributed by atoms with Gasteiger partial charge in [0.05, 0.1) is 29.8 Å². The first-order chi connectivity index (χ1) is 13.9. The molecule has 1 amide bonds. The predicted octanol–water partition coefficient (Wildman–Crippen LogP) is 0.692. The highest BCUT2D eigenvalue weighted by Gasteiger charge is 2.68. The van der Waals surface area contributed by atoms with Crippen LogP contribution in [-0.2, 0) is 30.3 Å². The molecule has 1 fully saturated rings. The normalized spacial score (nSPS) is 24.4. The molecule has 0 unspecified atom stereocenters. The quantitative estimate of drug-likeness (QED) is 0.245. The number of nitrogens with zero attached hydrogens (tertiary/aromatic N) is 2. The molecule has 1 aromatic carbocycles. The number of thioether (sulfide) groups is 1. The molecule has 0 bridgehead atoms. The van der Waals surface area contributed by atoms with Crippen molar-refractivity contribution in [1.82, 2.24) is 4.90 Å². The third-order valence-corrected chi connectivity index (χ3v) is 6.87. The van der Waals surface area contributed by atoms with Gasteiger partial charge in [-0.2, -0.15) is 8.42 Å². The summed E-state index contributed by atoms with van der Waals surface area (Å²) in [4.78, 5) is 34.7. The number of aliphatic hydroxyl groups is 1. The van der Waals surface area contributed by atoms with Crippen molar-refractivity contribution < 1.29 is 37.3 Å². The lowest BCUT2D eigenvalue weighted by molar-refractivity contribution is -0.384. The zero-order chi connectivity index (χ0) is 22.4. The van der Waals surface area contributed by atoms with E-state index in [4.69, 9.17) is 4.18 Å². The van der Waals surface area contributed by atoms with Crippen LogP contribution in [0.5, 0.6) is 0 Å². The molecule has 0 aliphatic carbocycles. The second kappa shape index (κ2) is 7.65. The van der Waals surface area contributed by atoms with Crippen LogP contribution in [0.15, 0.2) is 34.9 Å². The van der Waals surface area contributed by atoms with Crippen LogP contribution >= 0.6 is 11.8 Å². The average Bonchev–Trinajstić information content (AvgIpc) is 2.89. The Kier molecular flexibility index (Phi) is 5.66. The lowest BCUT2D eigenvalue weighted by atomic mass is 9.78. The van der Waals surface area contributed by atoms with Crippen molar-refractivity contribution in [3.05, 3.63) is 50.5 Å². The average molecular weight is 458 g/mol. The van der Waals surface area contributed by atoms with Crippen LogP contribution < -0.4 is 0 Å². The van der Waals surface area contributed by atoms with Crippen molar-refractivity contribution in [2.24, 2.45) is 5.92 Å². The third kappa shape index (κ3) is 3.80. The highest BCUT2D eigenvalue weighted by atomic mass is 32.2. The molecule has 0 saturated carbocycles. The predicted molar refractivity (Wildman–Crippen MR) is 105 cm³/mol. The van der Waals surface area contributed by atoms with Crippen LogP contribution in [-0.4, -0.2) is 64.2 Å². The summed E-state index contributed by atoms with van der Waals surface area (Å²) in [5.74, 6) is -2.99. The molecule has 3 atom stereocenters. The van der Waals surface area contributed by atoms with Crippen molar-refractivity contribution in [3.8, 4) is 0 Å². The van der Waals surface area contributed by atoms with Gasteiger partial charge in [0.2, 0.25) is 5.91 Å². The number of non-ortho nitro benzene ring substituents is 1. The molecule has 13 heteroatoms. The fourth-order valence-corrected chi connectivity index (χ4v) is 5.86. The molecule has 1 saturated heterocycles. The van der Waals surface area contributed by atoms with E-state index < -0.39 is 56.1 Å². The van der Waals surface area contributed by atoms with Crippen LogP contribution in [0.3, 0.4) is 0 Å². The number of amides is 1. The number of nitro benzene ring substituents is 1. The minimum absolute atomic E-state index is 0.0336. The van der Waals surface area contributed by atoms with E-state index in [-0.39, 0.29) is 17.0 Å². The zero-order valence-corrected chi connectivity index (χ0v) is 17.5. The Labute approximate surface area is 175 Å². The van der Waals surface area contributed by atoms with E-state index in [1.165, 1.54) is 31.2 Å². The van der Waals surface area contributed by atoms with E-state index >= 15 is 0 Å². The molecule has 2 aliphatic heterocycles. The van der Waals surface area contributed by atoms with Gasteiger partial charge < -0.3 is 10.2 Å². The maximum atomic E-state index is 12.7. The Balaban J connectivity index is 2.00. The summed E-state index contributed by atoms with van der Waals surface area (Å²) < 4.78 is 27.5. The number of hydrogen-bond acceptors (Lipinski definition) is 9. The van der Waals surface area contributed by atoms with Gasteiger partial charge in [0.25, 0.3) is 15.8 Å². The second-order valence-electron chi connectivity index (χ2n) is 6.98. The van der Waals surface area contributed by atoms with E-state index in [1.54, 1.807) is 0 Å². The Morgan fingerprint density at radius 1 is 1.40 bits per heavy atom. The van der Waals surface area contributed by atoms with Gasteiger partial charge in [-0.15, -0.1) is 0 Å². The number of benzene rings is 1. The van der Waals surface area contributed by atoms with E-state index in [2.05, 4.69) is 0 Å². The van der Waals surface area contributed by atoms with Gasteiger partial charge in [0, 0.05) is 23.5 Å². The molecule has 1 aromatic rings. The van der Waals surface area contributed by atoms with Crippen molar-refractivity contribution in [2.75, 3.05) is 12.9 Å². The summed E-state index contributed by atoms with van der Waals surface area (Å²) in [6.07, 6.45) is -0.209. The van der Waals surface area contributed by atoms with Gasteiger partial charge in [-0.05, 0) is 12.5 Å². The summed E-state index contributed by atoms with van der Waals surface area (Å²) in [5.41, 5.74) is 0.0502. The maximum absolute atomic E-state index is 12.7. The van der Waals surface area contributed by atoms with Gasteiger partial charge in [-0.1, -0.05) is 23.9 Å². The van der Waals surface area contributed by atoms with Crippen molar-refractivity contribution in [2.45, 2.75) is 24.3 Å². The van der Waals surface area contributed by atoms with Crippen LogP contribution in [0.4, 0.5) is 5.69 Å². The molecule has 0 aromatic heterocycles. The Morgan fingerprint density at radius 3 is 2.47 bits per heavy atom. The molecule has 162 valence electrons. The van der Waals surface area contributed by atoms with E-state index in [1.807, 2.05) is 0 Å². The fourth-order valence-electron chi connectivity index (χ4n) is 3.70.